The maximum atomic E-state index is 12.6. The van der Waals surface area contributed by atoms with Crippen LogP contribution in [0, 0.1) is 0 Å². The Bertz CT molecular complexity index is 784. The molecule has 5 heteroatoms. The lowest BCUT2D eigenvalue weighted by Gasteiger charge is -2.18. The van der Waals surface area contributed by atoms with Gasteiger partial charge in [-0.25, -0.2) is 4.21 Å². The van der Waals surface area contributed by atoms with Gasteiger partial charge in [0.25, 0.3) is 0 Å². The second-order valence-electron chi connectivity index (χ2n) is 6.97. The molecule has 0 aromatic heterocycles. The third kappa shape index (κ3) is 3.39. The molecule has 1 aliphatic heterocycles. The van der Waals surface area contributed by atoms with Crippen molar-refractivity contribution in [1.29, 1.82) is 0 Å². The molecule has 3 rings (SSSR count). The van der Waals surface area contributed by atoms with Crippen LogP contribution in [0.4, 0.5) is 0 Å². The van der Waals surface area contributed by atoms with E-state index in [1.165, 1.54) is 0 Å². The van der Waals surface area contributed by atoms with Crippen LogP contribution in [0.15, 0.2) is 65.1 Å². The Balaban J connectivity index is 2.07. The summed E-state index contributed by atoms with van der Waals surface area (Å²) < 4.78 is 28.2. The summed E-state index contributed by atoms with van der Waals surface area (Å²) in [6.07, 6.45) is -0.216. The van der Waals surface area contributed by atoms with E-state index in [0.29, 0.717) is 5.90 Å². The summed E-state index contributed by atoms with van der Waals surface area (Å²) in [5.74, 6) is 0.348. The van der Waals surface area contributed by atoms with E-state index in [2.05, 4.69) is 4.40 Å². The van der Waals surface area contributed by atoms with Crippen molar-refractivity contribution in [2.75, 3.05) is 7.11 Å². The Morgan fingerprint density at radius 3 is 2.16 bits per heavy atom. The fraction of sp³-hybridized carbons (Fsp3) is 0.350. The number of hydrogen-bond donors (Lipinski definition) is 0. The predicted octanol–water partition coefficient (Wildman–Crippen LogP) is 4.16. The Hall–Kier alpha value is -1.98. The van der Waals surface area contributed by atoms with Crippen molar-refractivity contribution in [2.45, 2.75) is 37.2 Å². The van der Waals surface area contributed by atoms with Crippen LogP contribution < -0.4 is 0 Å². The molecule has 0 amide bonds. The Kier molecular flexibility index (Phi) is 4.80. The van der Waals surface area contributed by atoms with Crippen LogP contribution >= 0.6 is 0 Å². The van der Waals surface area contributed by atoms with E-state index in [9.17, 15) is 4.21 Å². The summed E-state index contributed by atoms with van der Waals surface area (Å²) in [5.41, 5.74) is 1.14. The molecule has 2 aromatic carbocycles. The Labute approximate surface area is 151 Å². The highest BCUT2D eigenvalue weighted by atomic mass is 32.2. The topological polar surface area (TPSA) is 51.2 Å². The predicted molar refractivity (Wildman–Crippen MR) is 101 cm³/mol. The standard InChI is InChI=1S/C20H23NO3S/c1-19(2,3)25(22)21-18(23-4)20(16-13-9-6-10-14-16)17(24-20)15-11-7-5-8-12-15/h5-14,17H,1-4H3/b21-18-/t17-,20+,25?/m1/s1. The summed E-state index contributed by atoms with van der Waals surface area (Å²) in [6, 6.07) is 19.8. The van der Waals surface area contributed by atoms with Gasteiger partial charge >= 0.3 is 0 Å². The highest BCUT2D eigenvalue weighted by molar-refractivity contribution is 7.85. The Morgan fingerprint density at radius 1 is 1.08 bits per heavy atom. The number of rotatable bonds is 4. The SMILES string of the molecule is CO/C(=N\S(=O)C(C)(C)C)[C@@]1(c2ccccc2)O[C@@H]1c1ccccc1. The van der Waals surface area contributed by atoms with Crippen LogP contribution in [-0.4, -0.2) is 22.0 Å². The third-order valence-electron chi connectivity index (χ3n) is 4.12. The van der Waals surface area contributed by atoms with Gasteiger partial charge in [-0.05, 0) is 31.9 Å². The zero-order chi connectivity index (χ0) is 18.1. The summed E-state index contributed by atoms with van der Waals surface area (Å²) in [4.78, 5) is 0. The summed E-state index contributed by atoms with van der Waals surface area (Å²) in [7, 11) is 0.113. The number of methoxy groups -OCH3 is 1. The molecule has 0 aliphatic carbocycles. The van der Waals surface area contributed by atoms with Gasteiger partial charge in [-0.1, -0.05) is 60.7 Å². The molecule has 1 fully saturated rings. The quantitative estimate of drug-likeness (QED) is 0.469. The van der Waals surface area contributed by atoms with E-state index in [1.807, 2.05) is 81.4 Å². The average molecular weight is 357 g/mol. The monoisotopic (exact) mass is 357 g/mol. The number of epoxide rings is 1. The number of benzene rings is 2. The molecule has 2 aromatic rings. The summed E-state index contributed by atoms with van der Waals surface area (Å²) >= 11 is 0. The molecule has 0 bridgehead atoms. The highest BCUT2D eigenvalue weighted by Crippen LogP contribution is 2.58. The Morgan fingerprint density at radius 2 is 1.64 bits per heavy atom. The van der Waals surface area contributed by atoms with Gasteiger partial charge in [-0.15, -0.1) is 0 Å². The second-order valence-corrected chi connectivity index (χ2v) is 8.88. The van der Waals surface area contributed by atoms with E-state index < -0.39 is 21.3 Å². The first-order valence-corrected chi connectivity index (χ1v) is 9.33. The van der Waals surface area contributed by atoms with Crippen LogP contribution in [0.5, 0.6) is 0 Å². The largest absolute Gasteiger partial charge is 0.481 e. The fourth-order valence-corrected chi connectivity index (χ4v) is 3.38. The van der Waals surface area contributed by atoms with E-state index >= 15 is 0 Å². The van der Waals surface area contributed by atoms with Crippen molar-refractivity contribution in [1.82, 2.24) is 0 Å². The lowest BCUT2D eigenvalue weighted by Crippen LogP contribution is -2.28. The molecule has 4 nitrogen and oxygen atoms in total. The molecule has 0 radical (unpaired) electrons. The van der Waals surface area contributed by atoms with Gasteiger partial charge in [-0.2, -0.15) is 4.40 Å². The molecule has 1 saturated heterocycles. The average Bonchev–Trinajstić information content (AvgIpc) is 3.37. The molecule has 0 N–H and O–H groups in total. The van der Waals surface area contributed by atoms with Crippen LogP contribution in [0.2, 0.25) is 0 Å². The molecule has 0 spiro atoms. The minimum Gasteiger partial charge on any atom is -0.481 e. The van der Waals surface area contributed by atoms with Gasteiger partial charge in [0.1, 0.15) is 17.1 Å². The van der Waals surface area contributed by atoms with Crippen LogP contribution in [0.1, 0.15) is 38.0 Å². The fourth-order valence-electron chi connectivity index (χ4n) is 2.74. The minimum absolute atomic E-state index is 0.216. The lowest BCUT2D eigenvalue weighted by atomic mass is 9.91. The van der Waals surface area contributed by atoms with Crippen molar-refractivity contribution in [3.63, 3.8) is 0 Å². The zero-order valence-corrected chi connectivity index (χ0v) is 15.7. The van der Waals surface area contributed by atoms with E-state index in [4.69, 9.17) is 9.47 Å². The van der Waals surface area contributed by atoms with E-state index in [0.717, 1.165) is 11.1 Å². The van der Waals surface area contributed by atoms with Gasteiger partial charge in [0.2, 0.25) is 5.90 Å². The second kappa shape index (κ2) is 6.73. The molecule has 3 atom stereocenters. The molecule has 0 saturated carbocycles. The van der Waals surface area contributed by atoms with E-state index in [1.54, 1.807) is 7.11 Å². The summed E-state index contributed by atoms with van der Waals surface area (Å²) in [6.45, 7) is 5.66. The third-order valence-corrected chi connectivity index (χ3v) is 5.50. The van der Waals surface area contributed by atoms with Crippen molar-refractivity contribution < 1.29 is 13.7 Å². The van der Waals surface area contributed by atoms with Crippen molar-refractivity contribution >= 4 is 16.9 Å². The molecule has 1 aliphatic rings. The maximum absolute atomic E-state index is 12.6. The van der Waals surface area contributed by atoms with Gasteiger partial charge in [0.05, 0.1) is 11.9 Å². The normalized spacial score (nSPS) is 24.6. The van der Waals surface area contributed by atoms with Gasteiger partial charge in [-0.3, -0.25) is 0 Å². The van der Waals surface area contributed by atoms with Crippen molar-refractivity contribution in [3.05, 3.63) is 71.8 Å². The van der Waals surface area contributed by atoms with Crippen LogP contribution in [-0.2, 0) is 26.1 Å². The smallest absolute Gasteiger partial charge is 0.238 e. The van der Waals surface area contributed by atoms with Crippen LogP contribution in [0.25, 0.3) is 0 Å². The first kappa shape index (κ1) is 17.8. The van der Waals surface area contributed by atoms with Crippen molar-refractivity contribution in [3.8, 4) is 0 Å². The maximum Gasteiger partial charge on any atom is 0.238 e. The lowest BCUT2D eigenvalue weighted by molar-refractivity contribution is 0.295. The minimum atomic E-state index is -1.44. The van der Waals surface area contributed by atoms with Crippen LogP contribution in [0.3, 0.4) is 0 Å². The first-order valence-electron chi connectivity index (χ1n) is 8.23. The zero-order valence-electron chi connectivity index (χ0n) is 14.9. The highest BCUT2D eigenvalue weighted by Gasteiger charge is 2.64. The molecular formula is C20H23NO3S. The van der Waals surface area contributed by atoms with Gasteiger partial charge in [0, 0.05) is 0 Å². The summed E-state index contributed by atoms with van der Waals surface area (Å²) in [5, 5.41) is 0. The molecule has 25 heavy (non-hydrogen) atoms. The molecule has 1 unspecified atom stereocenters. The number of ether oxygens (including phenoxy) is 2. The molecule has 132 valence electrons. The first-order chi connectivity index (χ1) is 11.9. The molecule has 1 heterocycles. The van der Waals surface area contributed by atoms with Gasteiger partial charge < -0.3 is 9.47 Å². The van der Waals surface area contributed by atoms with E-state index in [-0.39, 0.29) is 6.10 Å². The number of hydrogen-bond acceptors (Lipinski definition) is 3. The van der Waals surface area contributed by atoms with Gasteiger partial charge in [0.15, 0.2) is 5.60 Å². The molecular weight excluding hydrogens is 334 g/mol. The van der Waals surface area contributed by atoms with Crippen molar-refractivity contribution in [2.24, 2.45) is 4.40 Å². The number of nitrogens with zero attached hydrogens (tertiary/aromatic N) is 1.